The molecule has 0 spiro atoms. The van der Waals surface area contributed by atoms with Crippen molar-refractivity contribution in [3.8, 4) is 5.69 Å². The van der Waals surface area contributed by atoms with Gasteiger partial charge < -0.3 is 9.88 Å². The normalized spacial score (nSPS) is 14.6. The number of aromatic nitrogens is 1. The van der Waals surface area contributed by atoms with E-state index in [0.29, 0.717) is 17.1 Å². The number of non-ortho nitro benzene ring substituents is 1. The van der Waals surface area contributed by atoms with E-state index in [4.69, 9.17) is 0 Å². The Labute approximate surface area is 209 Å². The number of fused-ring (bicyclic) bond motifs is 1. The molecule has 10 heteroatoms. The number of hydrogen-bond acceptors (Lipinski definition) is 6. The van der Waals surface area contributed by atoms with Gasteiger partial charge in [0.15, 0.2) is 0 Å². The Balaban J connectivity index is 1.34. The molecule has 178 valence electrons. The van der Waals surface area contributed by atoms with Crippen molar-refractivity contribution in [1.29, 1.82) is 0 Å². The molecule has 0 bridgehead atoms. The fourth-order valence-corrected chi connectivity index (χ4v) is 4.76. The number of carbonyl (C=O) groups is 3. The van der Waals surface area contributed by atoms with E-state index in [1.165, 1.54) is 18.2 Å². The first kappa shape index (κ1) is 23.1. The van der Waals surface area contributed by atoms with Crippen LogP contribution in [0.5, 0.6) is 0 Å². The summed E-state index contributed by atoms with van der Waals surface area (Å²) in [5.74, 6) is -1.07. The highest BCUT2D eigenvalue weighted by Crippen LogP contribution is 2.33. The Bertz CT molecular complexity index is 1570. The van der Waals surface area contributed by atoms with Crippen LogP contribution in [-0.4, -0.2) is 38.0 Å². The number of thioether (sulfide) groups is 1. The number of rotatable bonds is 6. The van der Waals surface area contributed by atoms with E-state index in [9.17, 15) is 24.5 Å². The zero-order valence-electron chi connectivity index (χ0n) is 18.7. The van der Waals surface area contributed by atoms with Crippen molar-refractivity contribution >= 4 is 57.0 Å². The minimum absolute atomic E-state index is 0.0651. The van der Waals surface area contributed by atoms with Gasteiger partial charge in [0.1, 0.15) is 6.54 Å². The molecule has 0 saturated carbocycles. The van der Waals surface area contributed by atoms with Crippen molar-refractivity contribution in [2.24, 2.45) is 0 Å². The van der Waals surface area contributed by atoms with Crippen LogP contribution in [-0.2, 0) is 9.59 Å². The molecule has 3 amide bonds. The first-order valence-electron chi connectivity index (χ1n) is 10.9. The number of hydrogen-bond donors (Lipinski definition) is 1. The number of nitro benzene ring substituents is 1. The standard InChI is InChI=1S/C26H18N4O5S/c31-24(27-22-12-3-7-17-6-1-2-11-21(17)22)16-29-25(32)23(36-26(29)33)15-19-10-5-13-28(19)18-8-4-9-20(14-18)30(34)35/h1-15H,16H2,(H,27,31)/b23-15-. The lowest BCUT2D eigenvalue weighted by atomic mass is 10.1. The van der Waals surface area contributed by atoms with Gasteiger partial charge in [0.25, 0.3) is 16.8 Å². The zero-order chi connectivity index (χ0) is 25.2. The van der Waals surface area contributed by atoms with Crippen LogP contribution in [0.4, 0.5) is 16.2 Å². The van der Waals surface area contributed by atoms with Crippen LogP contribution in [0.15, 0.2) is 90.0 Å². The maximum Gasteiger partial charge on any atom is 0.294 e. The third kappa shape index (κ3) is 4.49. The summed E-state index contributed by atoms with van der Waals surface area (Å²) in [5.41, 5.74) is 1.62. The van der Waals surface area contributed by atoms with E-state index < -0.39 is 28.5 Å². The molecule has 1 fully saturated rings. The third-order valence-electron chi connectivity index (χ3n) is 5.62. The molecule has 2 heterocycles. The third-order valence-corrected chi connectivity index (χ3v) is 6.52. The second kappa shape index (κ2) is 9.51. The molecule has 0 atom stereocenters. The number of carbonyl (C=O) groups excluding carboxylic acids is 3. The number of nitro groups is 1. The SMILES string of the molecule is O=C(CN1C(=O)S/C(=C\c2cccn2-c2cccc([N+](=O)[O-])c2)C1=O)Nc1cccc2ccccc12. The van der Waals surface area contributed by atoms with Crippen molar-refractivity contribution in [2.45, 2.75) is 0 Å². The molecule has 1 saturated heterocycles. The highest BCUT2D eigenvalue weighted by Gasteiger charge is 2.36. The predicted octanol–water partition coefficient (Wildman–Crippen LogP) is 5.21. The van der Waals surface area contributed by atoms with Crippen molar-refractivity contribution in [3.05, 3.63) is 106 Å². The van der Waals surface area contributed by atoms with Gasteiger partial charge in [0, 0.05) is 35.1 Å². The van der Waals surface area contributed by atoms with Gasteiger partial charge in [-0.15, -0.1) is 0 Å². The minimum atomic E-state index is -0.579. The molecular formula is C26H18N4O5S. The van der Waals surface area contributed by atoms with Gasteiger partial charge in [-0.2, -0.15) is 0 Å². The largest absolute Gasteiger partial charge is 0.324 e. The number of nitrogens with one attached hydrogen (secondary N) is 1. The summed E-state index contributed by atoms with van der Waals surface area (Å²) in [6.07, 6.45) is 3.24. The van der Waals surface area contributed by atoms with E-state index in [2.05, 4.69) is 5.32 Å². The lowest BCUT2D eigenvalue weighted by Gasteiger charge is -2.13. The Kier molecular flexibility index (Phi) is 6.09. The molecular weight excluding hydrogens is 480 g/mol. The molecule has 1 aromatic heterocycles. The molecule has 9 nitrogen and oxygen atoms in total. The fourth-order valence-electron chi connectivity index (χ4n) is 3.94. The lowest BCUT2D eigenvalue weighted by Crippen LogP contribution is -2.36. The van der Waals surface area contributed by atoms with Crippen LogP contribution in [0.3, 0.4) is 0 Å². The Morgan fingerprint density at radius 3 is 2.61 bits per heavy atom. The summed E-state index contributed by atoms with van der Waals surface area (Å²) in [4.78, 5) is 49.9. The van der Waals surface area contributed by atoms with Crippen LogP contribution >= 0.6 is 11.8 Å². The lowest BCUT2D eigenvalue weighted by molar-refractivity contribution is -0.384. The van der Waals surface area contributed by atoms with Gasteiger partial charge in [0.05, 0.1) is 15.5 Å². The van der Waals surface area contributed by atoms with Gasteiger partial charge in [-0.05, 0) is 47.5 Å². The van der Waals surface area contributed by atoms with Crippen molar-refractivity contribution in [2.75, 3.05) is 11.9 Å². The van der Waals surface area contributed by atoms with E-state index in [-0.39, 0.29) is 10.6 Å². The Morgan fingerprint density at radius 2 is 1.78 bits per heavy atom. The Morgan fingerprint density at radius 1 is 1.00 bits per heavy atom. The summed E-state index contributed by atoms with van der Waals surface area (Å²) in [5, 5.41) is 15.2. The smallest absolute Gasteiger partial charge is 0.294 e. The molecule has 0 unspecified atom stereocenters. The van der Waals surface area contributed by atoms with Crippen molar-refractivity contribution < 1.29 is 19.3 Å². The van der Waals surface area contributed by atoms with E-state index in [1.807, 2.05) is 36.4 Å². The van der Waals surface area contributed by atoms with Crippen LogP contribution in [0.1, 0.15) is 5.69 Å². The zero-order valence-corrected chi connectivity index (χ0v) is 19.5. The fraction of sp³-hybridized carbons (Fsp3) is 0.0385. The van der Waals surface area contributed by atoms with E-state index in [0.717, 1.165) is 27.4 Å². The summed E-state index contributed by atoms with van der Waals surface area (Å²) >= 11 is 0.740. The predicted molar refractivity (Wildman–Crippen MR) is 138 cm³/mol. The van der Waals surface area contributed by atoms with Crippen LogP contribution in [0.25, 0.3) is 22.5 Å². The summed E-state index contributed by atoms with van der Waals surface area (Å²) in [6, 6.07) is 22.6. The first-order valence-corrected chi connectivity index (χ1v) is 11.7. The van der Waals surface area contributed by atoms with Gasteiger partial charge in [-0.1, -0.05) is 42.5 Å². The highest BCUT2D eigenvalue weighted by molar-refractivity contribution is 8.18. The number of imide groups is 1. The highest BCUT2D eigenvalue weighted by atomic mass is 32.2. The van der Waals surface area contributed by atoms with Crippen LogP contribution in [0.2, 0.25) is 0 Å². The monoisotopic (exact) mass is 498 g/mol. The summed E-state index contributed by atoms with van der Waals surface area (Å²) in [7, 11) is 0. The minimum Gasteiger partial charge on any atom is -0.324 e. The molecule has 5 rings (SSSR count). The molecule has 0 radical (unpaired) electrons. The molecule has 3 aromatic carbocycles. The first-order chi connectivity index (χ1) is 17.4. The maximum atomic E-state index is 13.0. The summed E-state index contributed by atoms with van der Waals surface area (Å²) in [6.45, 7) is -0.420. The van der Waals surface area contributed by atoms with Crippen LogP contribution in [0, 0.1) is 10.1 Å². The van der Waals surface area contributed by atoms with Gasteiger partial charge in [0.2, 0.25) is 5.91 Å². The average molecular weight is 499 g/mol. The quantitative estimate of drug-likeness (QED) is 0.222. The topological polar surface area (TPSA) is 115 Å². The Hall–Kier alpha value is -4.70. The van der Waals surface area contributed by atoms with E-state index >= 15 is 0 Å². The summed E-state index contributed by atoms with van der Waals surface area (Å²) < 4.78 is 1.67. The second-order valence-corrected chi connectivity index (χ2v) is 8.92. The van der Waals surface area contributed by atoms with Gasteiger partial charge in [-0.3, -0.25) is 29.4 Å². The number of benzene rings is 3. The van der Waals surface area contributed by atoms with Crippen molar-refractivity contribution in [1.82, 2.24) is 9.47 Å². The molecule has 36 heavy (non-hydrogen) atoms. The molecule has 0 aliphatic carbocycles. The van der Waals surface area contributed by atoms with E-state index in [1.54, 1.807) is 41.1 Å². The maximum absolute atomic E-state index is 13.0. The van der Waals surface area contributed by atoms with Crippen LogP contribution < -0.4 is 5.32 Å². The van der Waals surface area contributed by atoms with Gasteiger partial charge >= 0.3 is 0 Å². The number of nitrogens with zero attached hydrogens (tertiary/aromatic N) is 3. The molecule has 1 aliphatic heterocycles. The number of amides is 3. The average Bonchev–Trinajstić information content (AvgIpc) is 3.44. The molecule has 4 aromatic rings. The number of anilines is 1. The second-order valence-electron chi connectivity index (χ2n) is 7.92. The van der Waals surface area contributed by atoms with Crippen molar-refractivity contribution in [3.63, 3.8) is 0 Å². The van der Waals surface area contributed by atoms with Gasteiger partial charge in [-0.25, -0.2) is 0 Å². The molecule has 1 aliphatic rings. The molecule has 1 N–H and O–H groups in total.